The van der Waals surface area contributed by atoms with E-state index in [1.807, 2.05) is 6.08 Å². The second kappa shape index (κ2) is 10.5. The molecule has 0 aliphatic heterocycles. The van der Waals surface area contributed by atoms with Gasteiger partial charge in [0.05, 0.1) is 6.67 Å². The van der Waals surface area contributed by atoms with Gasteiger partial charge in [-0.2, -0.15) is 0 Å². The second-order valence-electron chi connectivity index (χ2n) is 7.84. The lowest BCUT2D eigenvalue weighted by molar-refractivity contribution is 0.151. The Kier molecular flexibility index (Phi) is 7.76. The summed E-state index contributed by atoms with van der Waals surface area (Å²) in [4.78, 5) is 0. The van der Waals surface area contributed by atoms with Gasteiger partial charge >= 0.3 is 0 Å². The van der Waals surface area contributed by atoms with Gasteiger partial charge in [0.2, 0.25) is 0 Å². The van der Waals surface area contributed by atoms with Crippen molar-refractivity contribution in [2.75, 3.05) is 6.67 Å². The fourth-order valence-electron chi connectivity index (χ4n) is 4.08. The lowest BCUT2D eigenvalue weighted by Gasteiger charge is -2.26. The average Bonchev–Trinajstić information content (AvgIpc) is 2.74. The molecule has 1 aliphatic rings. The monoisotopic (exact) mass is 386 g/mol. The van der Waals surface area contributed by atoms with Gasteiger partial charge in [0.1, 0.15) is 0 Å². The zero-order chi connectivity index (χ0) is 19.8. The van der Waals surface area contributed by atoms with Gasteiger partial charge in [0.15, 0.2) is 0 Å². The van der Waals surface area contributed by atoms with E-state index in [0.29, 0.717) is 12.3 Å². The van der Waals surface area contributed by atoms with Crippen LogP contribution in [-0.2, 0) is 6.42 Å². The maximum atomic E-state index is 12.7. The van der Waals surface area contributed by atoms with Crippen molar-refractivity contribution in [1.29, 1.82) is 0 Å². The Hall–Kier alpha value is -2.03. The van der Waals surface area contributed by atoms with Gasteiger partial charge in [-0.3, -0.25) is 4.39 Å². The normalized spacial score (nSPS) is 20.1. The Bertz CT molecular complexity index is 723. The molecule has 0 radical (unpaired) electrons. The molecule has 0 unspecified atom stereocenters. The number of alkyl halides is 3. The van der Waals surface area contributed by atoms with Crippen LogP contribution in [0.1, 0.15) is 56.1 Å². The SMILES string of the molecule is FCC/C=C/C1CCC(CCc2ccc(-c3ccc(C(F)F)cc3)cc2)CC1. The smallest absolute Gasteiger partial charge is 0.251 e. The standard InChI is InChI=1S/C25H29F3/c26-18-2-1-3-19-4-6-20(7-5-19)8-9-21-10-12-22(13-11-21)23-14-16-24(17-15-23)25(27)28/h1,3,10-17,19-20,25H,2,4-9,18H2/b3-1+. The molecule has 0 spiro atoms. The van der Waals surface area contributed by atoms with Gasteiger partial charge in [-0.25, -0.2) is 8.78 Å². The summed E-state index contributed by atoms with van der Waals surface area (Å²) in [5.74, 6) is 1.42. The summed E-state index contributed by atoms with van der Waals surface area (Å²) >= 11 is 0. The highest BCUT2D eigenvalue weighted by Crippen LogP contribution is 2.32. The number of hydrogen-bond donors (Lipinski definition) is 0. The van der Waals surface area contributed by atoms with Crippen LogP contribution < -0.4 is 0 Å². The van der Waals surface area contributed by atoms with Gasteiger partial charge in [-0.15, -0.1) is 0 Å². The van der Waals surface area contributed by atoms with Gasteiger partial charge in [-0.05, 0) is 73.5 Å². The van der Waals surface area contributed by atoms with E-state index >= 15 is 0 Å². The molecule has 3 heteroatoms. The van der Waals surface area contributed by atoms with Crippen LogP contribution in [-0.4, -0.2) is 6.67 Å². The Morgan fingerprint density at radius 1 is 0.857 bits per heavy atom. The van der Waals surface area contributed by atoms with Crippen LogP contribution in [0.4, 0.5) is 13.2 Å². The molecule has 0 nitrogen and oxygen atoms in total. The minimum Gasteiger partial charge on any atom is -0.251 e. The van der Waals surface area contributed by atoms with E-state index in [2.05, 4.69) is 30.3 Å². The van der Waals surface area contributed by atoms with Crippen molar-refractivity contribution >= 4 is 0 Å². The van der Waals surface area contributed by atoms with E-state index in [9.17, 15) is 13.2 Å². The zero-order valence-electron chi connectivity index (χ0n) is 16.3. The van der Waals surface area contributed by atoms with Gasteiger partial charge < -0.3 is 0 Å². The maximum absolute atomic E-state index is 12.7. The van der Waals surface area contributed by atoms with Crippen molar-refractivity contribution in [1.82, 2.24) is 0 Å². The van der Waals surface area contributed by atoms with E-state index < -0.39 is 6.43 Å². The maximum Gasteiger partial charge on any atom is 0.263 e. The molecule has 0 bridgehead atoms. The Morgan fingerprint density at radius 2 is 1.46 bits per heavy atom. The molecule has 0 aromatic heterocycles. The lowest BCUT2D eigenvalue weighted by Crippen LogP contribution is -2.13. The van der Waals surface area contributed by atoms with Crippen molar-refractivity contribution in [3.63, 3.8) is 0 Å². The average molecular weight is 387 g/mol. The van der Waals surface area contributed by atoms with E-state index in [1.54, 1.807) is 12.1 Å². The minimum absolute atomic E-state index is 0.0630. The fourth-order valence-corrected chi connectivity index (χ4v) is 4.08. The zero-order valence-corrected chi connectivity index (χ0v) is 16.3. The Labute approximate surface area is 166 Å². The molecular formula is C25H29F3. The summed E-state index contributed by atoms with van der Waals surface area (Å²) in [6, 6.07) is 15.0. The first kappa shape index (κ1) is 20.7. The van der Waals surface area contributed by atoms with Crippen LogP contribution in [0.3, 0.4) is 0 Å². The third-order valence-corrected chi connectivity index (χ3v) is 5.87. The number of hydrogen-bond acceptors (Lipinski definition) is 0. The van der Waals surface area contributed by atoms with Crippen LogP contribution in [0, 0.1) is 11.8 Å². The quantitative estimate of drug-likeness (QED) is 0.404. The van der Waals surface area contributed by atoms with Crippen LogP contribution in [0.15, 0.2) is 60.7 Å². The molecule has 0 heterocycles. The van der Waals surface area contributed by atoms with E-state index in [4.69, 9.17) is 0 Å². The fraction of sp³-hybridized carbons (Fsp3) is 0.440. The van der Waals surface area contributed by atoms with Crippen molar-refractivity contribution in [3.8, 4) is 11.1 Å². The van der Waals surface area contributed by atoms with Crippen LogP contribution in [0.25, 0.3) is 11.1 Å². The second-order valence-corrected chi connectivity index (χ2v) is 7.84. The Morgan fingerprint density at radius 3 is 2.04 bits per heavy atom. The largest absolute Gasteiger partial charge is 0.263 e. The molecule has 28 heavy (non-hydrogen) atoms. The summed E-state index contributed by atoms with van der Waals surface area (Å²) in [6.07, 6.45) is 9.60. The third kappa shape index (κ3) is 5.98. The molecule has 2 aromatic carbocycles. The molecular weight excluding hydrogens is 357 g/mol. The van der Waals surface area contributed by atoms with Crippen molar-refractivity contribution in [3.05, 3.63) is 71.8 Å². The summed E-state index contributed by atoms with van der Waals surface area (Å²) in [5.41, 5.74) is 3.42. The third-order valence-electron chi connectivity index (χ3n) is 5.87. The number of allylic oxidation sites excluding steroid dienone is 2. The van der Waals surface area contributed by atoms with E-state index in [1.165, 1.54) is 49.8 Å². The molecule has 3 rings (SSSR count). The van der Waals surface area contributed by atoms with Gasteiger partial charge in [0, 0.05) is 5.56 Å². The predicted octanol–water partition coefficient (Wildman–Crippen LogP) is 7.95. The number of halogens is 3. The lowest BCUT2D eigenvalue weighted by atomic mass is 9.79. The molecule has 0 N–H and O–H groups in total. The highest BCUT2D eigenvalue weighted by atomic mass is 19.3. The molecule has 2 aromatic rings. The molecule has 1 saturated carbocycles. The molecule has 1 fully saturated rings. The molecule has 0 amide bonds. The summed E-state index contributed by atoms with van der Waals surface area (Å²) in [6.45, 7) is -0.258. The highest BCUT2D eigenvalue weighted by molar-refractivity contribution is 5.64. The van der Waals surface area contributed by atoms with Crippen LogP contribution in [0.5, 0.6) is 0 Å². The minimum atomic E-state index is -2.42. The highest BCUT2D eigenvalue weighted by Gasteiger charge is 2.19. The molecule has 0 atom stereocenters. The van der Waals surface area contributed by atoms with Crippen molar-refractivity contribution in [2.45, 2.75) is 51.4 Å². The first-order valence-corrected chi connectivity index (χ1v) is 10.4. The Balaban J connectivity index is 1.46. The number of aryl methyl sites for hydroxylation is 1. The van der Waals surface area contributed by atoms with Crippen LogP contribution >= 0.6 is 0 Å². The first-order chi connectivity index (χ1) is 13.7. The molecule has 150 valence electrons. The summed E-state index contributed by atoms with van der Waals surface area (Å²) in [7, 11) is 0. The summed E-state index contributed by atoms with van der Waals surface area (Å²) in [5, 5.41) is 0. The van der Waals surface area contributed by atoms with Crippen molar-refractivity contribution in [2.24, 2.45) is 11.8 Å². The molecule has 1 aliphatic carbocycles. The van der Waals surface area contributed by atoms with Crippen LogP contribution in [0.2, 0.25) is 0 Å². The van der Waals surface area contributed by atoms with Gasteiger partial charge in [0.25, 0.3) is 6.43 Å². The predicted molar refractivity (Wildman–Crippen MR) is 110 cm³/mol. The topological polar surface area (TPSA) is 0 Å². The first-order valence-electron chi connectivity index (χ1n) is 10.4. The number of benzene rings is 2. The number of rotatable bonds is 8. The van der Waals surface area contributed by atoms with E-state index in [0.717, 1.165) is 23.5 Å². The summed E-state index contributed by atoms with van der Waals surface area (Å²) < 4.78 is 37.5. The molecule has 0 saturated heterocycles. The van der Waals surface area contributed by atoms with Crippen molar-refractivity contribution < 1.29 is 13.2 Å². The van der Waals surface area contributed by atoms with E-state index in [-0.39, 0.29) is 12.2 Å². The van der Waals surface area contributed by atoms with Gasteiger partial charge in [-0.1, -0.05) is 60.7 Å².